The zero-order chi connectivity index (χ0) is 13.2. The van der Waals surface area contributed by atoms with Crippen LogP contribution in [0.3, 0.4) is 0 Å². The molecule has 2 heterocycles. The zero-order valence-electron chi connectivity index (χ0n) is 12.1. The number of hydrogen-bond donors (Lipinski definition) is 1. The Morgan fingerprint density at radius 2 is 2.22 bits per heavy atom. The van der Waals surface area contributed by atoms with Crippen LogP contribution in [0.5, 0.6) is 0 Å². The maximum Gasteiger partial charge on any atom is 0.0410 e. The summed E-state index contributed by atoms with van der Waals surface area (Å²) in [6.45, 7) is 10.6. The fraction of sp³-hybridized carbons (Fsp3) is 0.733. The maximum absolute atomic E-state index is 3.55. The monoisotopic (exact) mass is 266 g/mol. The minimum Gasteiger partial charge on any atom is -0.316 e. The lowest BCUT2D eigenvalue weighted by molar-refractivity contribution is 0.112. The van der Waals surface area contributed by atoms with Crippen molar-refractivity contribution < 1.29 is 0 Å². The van der Waals surface area contributed by atoms with E-state index in [1.54, 1.807) is 0 Å². The van der Waals surface area contributed by atoms with Gasteiger partial charge in [-0.1, -0.05) is 19.9 Å². The third kappa shape index (κ3) is 2.79. The molecule has 0 amide bonds. The van der Waals surface area contributed by atoms with Crippen molar-refractivity contribution in [2.24, 2.45) is 11.3 Å². The normalized spacial score (nSPS) is 26.1. The molecule has 1 N–H and O–H groups in total. The van der Waals surface area contributed by atoms with Crippen molar-refractivity contribution in [3.63, 3.8) is 0 Å². The van der Waals surface area contributed by atoms with Crippen LogP contribution in [0.15, 0.2) is 17.5 Å². The molecule has 1 aromatic heterocycles. The fourth-order valence-electron chi connectivity index (χ4n) is 2.95. The fourth-order valence-corrected chi connectivity index (χ4v) is 3.80. The molecule has 2 rings (SSSR count). The van der Waals surface area contributed by atoms with Crippen LogP contribution in [0.2, 0.25) is 0 Å². The molecule has 0 aromatic carbocycles. The highest BCUT2D eigenvalue weighted by molar-refractivity contribution is 7.10. The van der Waals surface area contributed by atoms with Gasteiger partial charge < -0.3 is 5.32 Å². The van der Waals surface area contributed by atoms with Crippen LogP contribution in [0.25, 0.3) is 0 Å². The molecule has 1 saturated heterocycles. The Bertz CT molecular complexity index is 353. The van der Waals surface area contributed by atoms with Crippen molar-refractivity contribution in [2.45, 2.75) is 33.2 Å². The molecule has 0 saturated carbocycles. The van der Waals surface area contributed by atoms with Gasteiger partial charge in [0, 0.05) is 24.0 Å². The van der Waals surface area contributed by atoms with E-state index in [-0.39, 0.29) is 0 Å². The summed E-state index contributed by atoms with van der Waals surface area (Å²) in [6.07, 6.45) is 1.31. The Morgan fingerprint density at radius 1 is 1.44 bits per heavy atom. The van der Waals surface area contributed by atoms with Crippen LogP contribution in [0, 0.1) is 11.3 Å². The van der Waals surface area contributed by atoms with Crippen LogP contribution >= 0.6 is 11.3 Å². The standard InChI is InChI=1S/C15H26N2S/c1-12(2)15(7-8-16-10-15)11-17(4)13(3)14-6-5-9-18-14/h5-6,9,12-13,16H,7-8,10-11H2,1-4H3. The molecule has 18 heavy (non-hydrogen) atoms. The number of thiophene rings is 1. The number of rotatable bonds is 5. The highest BCUT2D eigenvalue weighted by Gasteiger charge is 2.38. The van der Waals surface area contributed by atoms with Gasteiger partial charge in [0.25, 0.3) is 0 Å². The molecule has 0 radical (unpaired) electrons. The second kappa shape index (κ2) is 5.72. The largest absolute Gasteiger partial charge is 0.316 e. The number of nitrogens with zero attached hydrogens (tertiary/aromatic N) is 1. The summed E-state index contributed by atoms with van der Waals surface area (Å²) in [5, 5.41) is 5.73. The van der Waals surface area contributed by atoms with Crippen molar-refractivity contribution in [3.8, 4) is 0 Å². The molecular weight excluding hydrogens is 240 g/mol. The van der Waals surface area contributed by atoms with Crippen molar-refractivity contribution in [1.82, 2.24) is 10.2 Å². The molecule has 0 aliphatic carbocycles. The molecule has 0 spiro atoms. The lowest BCUT2D eigenvalue weighted by Gasteiger charge is -2.38. The smallest absolute Gasteiger partial charge is 0.0410 e. The van der Waals surface area contributed by atoms with E-state index < -0.39 is 0 Å². The highest BCUT2D eigenvalue weighted by atomic mass is 32.1. The minimum atomic E-state index is 0.459. The van der Waals surface area contributed by atoms with Gasteiger partial charge >= 0.3 is 0 Å². The zero-order valence-corrected chi connectivity index (χ0v) is 12.9. The van der Waals surface area contributed by atoms with Crippen LogP contribution < -0.4 is 5.32 Å². The first-order valence-corrected chi connectivity index (χ1v) is 7.87. The van der Waals surface area contributed by atoms with Gasteiger partial charge in [0.05, 0.1) is 0 Å². The first-order chi connectivity index (χ1) is 8.55. The second-order valence-corrected chi connectivity index (χ2v) is 7.03. The second-order valence-electron chi connectivity index (χ2n) is 6.05. The van der Waals surface area contributed by atoms with Crippen LogP contribution in [-0.2, 0) is 0 Å². The maximum atomic E-state index is 3.55. The Hall–Kier alpha value is -0.380. The van der Waals surface area contributed by atoms with Gasteiger partial charge in [-0.05, 0) is 49.7 Å². The summed E-state index contributed by atoms with van der Waals surface area (Å²) in [4.78, 5) is 4.00. The van der Waals surface area contributed by atoms with Crippen LogP contribution in [0.1, 0.15) is 38.1 Å². The molecule has 2 unspecified atom stereocenters. The van der Waals surface area contributed by atoms with E-state index in [1.165, 1.54) is 30.9 Å². The molecular formula is C15H26N2S. The van der Waals surface area contributed by atoms with E-state index in [9.17, 15) is 0 Å². The summed E-state index contributed by atoms with van der Waals surface area (Å²) in [7, 11) is 2.27. The van der Waals surface area contributed by atoms with Gasteiger partial charge in [0.15, 0.2) is 0 Å². The molecule has 2 nitrogen and oxygen atoms in total. The van der Waals surface area contributed by atoms with Gasteiger partial charge in [-0.2, -0.15) is 0 Å². The summed E-state index contributed by atoms with van der Waals surface area (Å²) >= 11 is 1.87. The SMILES string of the molecule is CC(c1cccs1)N(C)CC1(C(C)C)CCNC1. The van der Waals surface area contributed by atoms with Crippen molar-refractivity contribution >= 4 is 11.3 Å². The molecule has 0 bridgehead atoms. The van der Waals surface area contributed by atoms with E-state index in [4.69, 9.17) is 0 Å². The quantitative estimate of drug-likeness (QED) is 0.879. The van der Waals surface area contributed by atoms with Crippen molar-refractivity contribution in [2.75, 3.05) is 26.7 Å². The van der Waals surface area contributed by atoms with E-state index in [1.807, 2.05) is 11.3 Å². The molecule has 1 aliphatic heterocycles. The molecule has 2 atom stereocenters. The van der Waals surface area contributed by atoms with Gasteiger partial charge in [-0.3, -0.25) is 4.90 Å². The third-order valence-corrected chi connectivity index (χ3v) is 5.72. The van der Waals surface area contributed by atoms with E-state index in [2.05, 4.69) is 55.5 Å². The summed E-state index contributed by atoms with van der Waals surface area (Å²) in [6, 6.07) is 4.93. The predicted octanol–water partition coefficient (Wildman–Crippen LogP) is 3.38. The Balaban J connectivity index is 2.03. The van der Waals surface area contributed by atoms with Gasteiger partial charge in [-0.15, -0.1) is 11.3 Å². The molecule has 1 aromatic rings. The first-order valence-electron chi connectivity index (χ1n) is 6.99. The number of nitrogens with one attached hydrogen (secondary N) is 1. The predicted molar refractivity (Wildman–Crippen MR) is 80.1 cm³/mol. The van der Waals surface area contributed by atoms with Crippen molar-refractivity contribution in [3.05, 3.63) is 22.4 Å². The number of hydrogen-bond acceptors (Lipinski definition) is 3. The average Bonchev–Trinajstić information content (AvgIpc) is 2.99. The molecule has 1 aliphatic rings. The molecule has 102 valence electrons. The minimum absolute atomic E-state index is 0.459. The molecule has 3 heteroatoms. The summed E-state index contributed by atoms with van der Waals surface area (Å²) < 4.78 is 0. The van der Waals surface area contributed by atoms with Crippen LogP contribution in [-0.4, -0.2) is 31.6 Å². The van der Waals surface area contributed by atoms with E-state index in [0.29, 0.717) is 11.5 Å². The summed E-state index contributed by atoms with van der Waals surface area (Å²) in [5.41, 5.74) is 0.459. The molecule has 1 fully saturated rings. The first kappa shape index (κ1) is 14.0. The van der Waals surface area contributed by atoms with Gasteiger partial charge in [0.2, 0.25) is 0 Å². The van der Waals surface area contributed by atoms with Crippen molar-refractivity contribution in [1.29, 1.82) is 0 Å². The van der Waals surface area contributed by atoms with E-state index >= 15 is 0 Å². The van der Waals surface area contributed by atoms with E-state index in [0.717, 1.165) is 5.92 Å². The van der Waals surface area contributed by atoms with Crippen LogP contribution in [0.4, 0.5) is 0 Å². The summed E-state index contributed by atoms with van der Waals surface area (Å²) in [5.74, 6) is 0.741. The topological polar surface area (TPSA) is 15.3 Å². The Morgan fingerprint density at radius 3 is 2.72 bits per heavy atom. The lowest BCUT2D eigenvalue weighted by Crippen LogP contribution is -2.41. The van der Waals surface area contributed by atoms with Gasteiger partial charge in [0.1, 0.15) is 0 Å². The Labute approximate surface area is 115 Å². The highest BCUT2D eigenvalue weighted by Crippen LogP contribution is 2.37. The average molecular weight is 266 g/mol. The van der Waals surface area contributed by atoms with Gasteiger partial charge in [-0.25, -0.2) is 0 Å². The third-order valence-electron chi connectivity index (χ3n) is 4.68. The Kier molecular flexibility index (Phi) is 4.46. The lowest BCUT2D eigenvalue weighted by atomic mass is 9.76.